The van der Waals surface area contributed by atoms with E-state index in [1.54, 1.807) is 0 Å². The van der Waals surface area contributed by atoms with Crippen molar-refractivity contribution in [2.45, 2.75) is 32.4 Å². The first kappa shape index (κ1) is 16.2. The predicted molar refractivity (Wildman–Crippen MR) is 90.5 cm³/mol. The van der Waals surface area contributed by atoms with Crippen LogP contribution < -0.4 is 10.5 Å². The fraction of sp³-hybridized carbons (Fsp3) is 0.444. The van der Waals surface area contributed by atoms with Crippen molar-refractivity contribution in [2.24, 2.45) is 0 Å². The molecule has 0 amide bonds. The lowest BCUT2D eigenvalue weighted by atomic mass is 10.1. The van der Waals surface area contributed by atoms with Crippen molar-refractivity contribution < 1.29 is 8.78 Å². The minimum atomic E-state index is -0.455. The monoisotopic (exact) mass is 346 g/mol. The second-order valence-corrected chi connectivity index (χ2v) is 6.71. The summed E-state index contributed by atoms with van der Waals surface area (Å²) in [4.78, 5) is 24.1. The van der Waals surface area contributed by atoms with Crippen molar-refractivity contribution in [2.75, 3.05) is 24.5 Å². The predicted octanol–water partition coefficient (Wildman–Crippen LogP) is 2.21. The van der Waals surface area contributed by atoms with E-state index in [9.17, 15) is 13.6 Å². The molecule has 2 aliphatic rings. The van der Waals surface area contributed by atoms with E-state index in [1.807, 2.05) is 4.90 Å². The molecule has 0 aliphatic carbocycles. The van der Waals surface area contributed by atoms with Gasteiger partial charge in [0.05, 0.1) is 11.3 Å². The molecule has 5 nitrogen and oxygen atoms in total. The van der Waals surface area contributed by atoms with E-state index in [4.69, 9.17) is 0 Å². The van der Waals surface area contributed by atoms with Crippen LogP contribution in [0.1, 0.15) is 29.7 Å². The second-order valence-electron chi connectivity index (χ2n) is 6.71. The molecule has 0 bridgehead atoms. The molecule has 1 aromatic heterocycles. The van der Waals surface area contributed by atoms with Gasteiger partial charge in [-0.2, -0.15) is 0 Å². The average Bonchev–Trinajstić information content (AvgIpc) is 3.13. The molecule has 7 heteroatoms. The van der Waals surface area contributed by atoms with Crippen molar-refractivity contribution in [3.8, 4) is 0 Å². The summed E-state index contributed by atoms with van der Waals surface area (Å²) in [5, 5.41) is 0. The Morgan fingerprint density at radius 2 is 1.96 bits per heavy atom. The zero-order valence-corrected chi connectivity index (χ0v) is 13.9. The summed E-state index contributed by atoms with van der Waals surface area (Å²) in [6.45, 7) is 3.18. The lowest BCUT2D eigenvalue weighted by Gasteiger charge is -2.28. The third-order valence-electron chi connectivity index (χ3n) is 4.94. The summed E-state index contributed by atoms with van der Waals surface area (Å²) in [6, 6.07) is 3.46. The Morgan fingerprint density at radius 3 is 2.76 bits per heavy atom. The summed E-state index contributed by atoms with van der Waals surface area (Å²) >= 11 is 0. The molecule has 3 heterocycles. The van der Waals surface area contributed by atoms with Crippen molar-refractivity contribution >= 4 is 5.95 Å². The Morgan fingerprint density at radius 1 is 1.16 bits per heavy atom. The van der Waals surface area contributed by atoms with Crippen LogP contribution in [0.3, 0.4) is 0 Å². The third-order valence-corrected chi connectivity index (χ3v) is 4.94. The third kappa shape index (κ3) is 3.28. The standard InChI is InChI=1S/C18H20F2N4O/c19-13-3-4-15(20)12(9-13)10-23-8-5-16-14(11-23)17(25)22-18(21-16)24-6-1-2-7-24/h3-4,9H,1-2,5-8,10-11H2,(H,21,22,25). The molecule has 0 unspecified atom stereocenters. The highest BCUT2D eigenvalue weighted by Crippen LogP contribution is 2.21. The van der Waals surface area contributed by atoms with Crippen LogP contribution in [-0.4, -0.2) is 34.5 Å². The van der Waals surface area contributed by atoms with Crippen LogP contribution in [0, 0.1) is 11.6 Å². The SMILES string of the molecule is O=c1[nH]c(N2CCCC2)nc2c1CN(Cc1cc(F)ccc1F)CC2. The van der Waals surface area contributed by atoms with E-state index in [-0.39, 0.29) is 12.1 Å². The molecule has 1 aromatic carbocycles. The summed E-state index contributed by atoms with van der Waals surface area (Å²) in [6.07, 6.45) is 2.87. The number of H-pyrrole nitrogens is 1. The molecule has 0 spiro atoms. The summed E-state index contributed by atoms with van der Waals surface area (Å²) in [5.74, 6) is -0.224. The number of hydrogen-bond acceptors (Lipinski definition) is 4. The molecule has 4 rings (SSSR count). The minimum absolute atomic E-state index is 0.128. The zero-order valence-electron chi connectivity index (χ0n) is 13.9. The fourth-order valence-electron chi connectivity index (χ4n) is 3.59. The number of anilines is 1. The molecule has 2 aromatic rings. The van der Waals surface area contributed by atoms with E-state index in [1.165, 1.54) is 6.07 Å². The molecule has 0 saturated carbocycles. The number of aromatic nitrogens is 2. The lowest BCUT2D eigenvalue weighted by molar-refractivity contribution is 0.238. The first-order valence-electron chi connectivity index (χ1n) is 8.63. The van der Waals surface area contributed by atoms with Gasteiger partial charge in [0.2, 0.25) is 5.95 Å². The van der Waals surface area contributed by atoms with Crippen LogP contribution in [0.2, 0.25) is 0 Å². The average molecular weight is 346 g/mol. The first-order chi connectivity index (χ1) is 12.1. The quantitative estimate of drug-likeness (QED) is 0.926. The lowest BCUT2D eigenvalue weighted by Crippen LogP contribution is -2.36. The van der Waals surface area contributed by atoms with Crippen LogP contribution in [0.4, 0.5) is 14.7 Å². The number of benzene rings is 1. The van der Waals surface area contributed by atoms with E-state index < -0.39 is 11.6 Å². The number of rotatable bonds is 3. The first-order valence-corrected chi connectivity index (χ1v) is 8.63. The van der Waals surface area contributed by atoms with Gasteiger partial charge >= 0.3 is 0 Å². The highest BCUT2D eigenvalue weighted by Gasteiger charge is 2.24. The van der Waals surface area contributed by atoms with Crippen molar-refractivity contribution in [1.29, 1.82) is 0 Å². The molecular weight excluding hydrogens is 326 g/mol. The Bertz CT molecular complexity index is 845. The van der Waals surface area contributed by atoms with Gasteiger partial charge in [-0.1, -0.05) is 0 Å². The van der Waals surface area contributed by atoms with Gasteiger partial charge in [-0.3, -0.25) is 14.7 Å². The van der Waals surface area contributed by atoms with Gasteiger partial charge in [-0.05, 0) is 31.0 Å². The summed E-state index contributed by atoms with van der Waals surface area (Å²) in [7, 11) is 0. The van der Waals surface area contributed by atoms with Crippen LogP contribution >= 0.6 is 0 Å². The fourth-order valence-corrected chi connectivity index (χ4v) is 3.59. The number of fused-ring (bicyclic) bond motifs is 1. The molecule has 1 fully saturated rings. The van der Waals surface area contributed by atoms with Gasteiger partial charge < -0.3 is 4.90 Å². The van der Waals surface area contributed by atoms with Crippen LogP contribution in [0.25, 0.3) is 0 Å². The van der Waals surface area contributed by atoms with Crippen molar-refractivity contribution in [3.05, 3.63) is 57.0 Å². The number of halogens is 2. The van der Waals surface area contributed by atoms with Gasteiger partial charge in [-0.15, -0.1) is 0 Å². The van der Waals surface area contributed by atoms with E-state index in [0.29, 0.717) is 36.6 Å². The Hall–Kier alpha value is -2.28. The van der Waals surface area contributed by atoms with E-state index >= 15 is 0 Å². The number of aromatic amines is 1. The highest BCUT2D eigenvalue weighted by molar-refractivity contribution is 5.35. The molecule has 0 atom stereocenters. The van der Waals surface area contributed by atoms with Crippen LogP contribution in [0.15, 0.2) is 23.0 Å². The topological polar surface area (TPSA) is 52.2 Å². The summed E-state index contributed by atoms with van der Waals surface area (Å²) in [5.41, 5.74) is 1.63. The van der Waals surface area contributed by atoms with Crippen LogP contribution in [-0.2, 0) is 19.5 Å². The normalized spacial score (nSPS) is 17.8. The van der Waals surface area contributed by atoms with Crippen molar-refractivity contribution in [1.82, 2.24) is 14.9 Å². The molecule has 1 N–H and O–H groups in total. The molecule has 2 aliphatic heterocycles. The van der Waals surface area contributed by atoms with Gasteiger partial charge in [-0.25, -0.2) is 13.8 Å². The number of hydrogen-bond donors (Lipinski definition) is 1. The van der Waals surface area contributed by atoms with Gasteiger partial charge in [0.25, 0.3) is 5.56 Å². The Kier molecular flexibility index (Phi) is 4.25. The smallest absolute Gasteiger partial charge is 0.257 e. The van der Waals surface area contributed by atoms with Gasteiger partial charge in [0, 0.05) is 44.7 Å². The maximum absolute atomic E-state index is 13.8. The molecule has 132 valence electrons. The maximum atomic E-state index is 13.8. The maximum Gasteiger partial charge on any atom is 0.257 e. The zero-order chi connectivity index (χ0) is 17.4. The highest BCUT2D eigenvalue weighted by atomic mass is 19.1. The summed E-state index contributed by atoms with van der Waals surface area (Å²) < 4.78 is 27.2. The number of nitrogens with zero attached hydrogens (tertiary/aromatic N) is 3. The van der Waals surface area contributed by atoms with Gasteiger partial charge in [0.15, 0.2) is 0 Å². The Labute approximate surface area is 144 Å². The second kappa shape index (κ2) is 6.55. The molecular formula is C18H20F2N4O. The molecule has 25 heavy (non-hydrogen) atoms. The van der Waals surface area contributed by atoms with E-state index in [0.717, 1.165) is 43.8 Å². The van der Waals surface area contributed by atoms with E-state index in [2.05, 4.69) is 14.9 Å². The van der Waals surface area contributed by atoms with Crippen LogP contribution in [0.5, 0.6) is 0 Å². The molecule has 1 saturated heterocycles. The molecule has 0 radical (unpaired) electrons. The number of nitrogens with one attached hydrogen (secondary N) is 1. The van der Waals surface area contributed by atoms with Gasteiger partial charge in [0.1, 0.15) is 11.6 Å². The Balaban J connectivity index is 1.55. The largest absolute Gasteiger partial charge is 0.342 e. The minimum Gasteiger partial charge on any atom is -0.342 e. The van der Waals surface area contributed by atoms with Crippen molar-refractivity contribution in [3.63, 3.8) is 0 Å².